The number of benzene rings is 2. The van der Waals surface area contributed by atoms with Crippen LogP contribution in [0.25, 0.3) is 17.0 Å². The molecule has 0 saturated heterocycles. The molecule has 0 bridgehead atoms. The molecule has 0 amide bonds. The normalized spacial score (nSPS) is 11.9. The van der Waals surface area contributed by atoms with Crippen LogP contribution >= 0.6 is 15.9 Å². The second-order valence-corrected chi connectivity index (χ2v) is 6.64. The summed E-state index contributed by atoms with van der Waals surface area (Å²) in [6.45, 7) is 3.68. The topological polar surface area (TPSA) is 32.9 Å². The average Bonchev–Trinajstić information content (AvgIpc) is 2.92. The highest BCUT2D eigenvalue weighted by molar-refractivity contribution is 9.10. The molecule has 0 saturated carbocycles. The van der Waals surface area contributed by atoms with Crippen LogP contribution in [0.3, 0.4) is 0 Å². The fraction of sp³-hybridized carbons (Fsp3) is 0.150. The van der Waals surface area contributed by atoms with Crippen molar-refractivity contribution >= 4 is 38.7 Å². The van der Waals surface area contributed by atoms with E-state index in [0.29, 0.717) is 6.42 Å². The Hall–Kier alpha value is -2.13. The minimum absolute atomic E-state index is 0.0998. The van der Waals surface area contributed by atoms with Crippen LogP contribution in [0.1, 0.15) is 23.6 Å². The van der Waals surface area contributed by atoms with Crippen LogP contribution in [0.2, 0.25) is 0 Å². The van der Waals surface area contributed by atoms with Crippen molar-refractivity contribution < 1.29 is 4.79 Å². The second-order valence-electron chi connectivity index (χ2n) is 5.79. The molecule has 0 unspecified atom stereocenters. The molecule has 0 radical (unpaired) electrons. The SMILES string of the molecule is CC(=O)/C(=C\c1ccc(C)cc1Br)Cc1c[nH]c2ccccc12. The predicted molar refractivity (Wildman–Crippen MR) is 99.5 cm³/mol. The first-order valence-electron chi connectivity index (χ1n) is 7.57. The largest absolute Gasteiger partial charge is 0.361 e. The van der Waals surface area contributed by atoms with Crippen molar-refractivity contribution in [2.45, 2.75) is 20.3 Å². The summed E-state index contributed by atoms with van der Waals surface area (Å²) in [4.78, 5) is 15.4. The van der Waals surface area contributed by atoms with E-state index in [0.717, 1.165) is 26.7 Å². The summed E-state index contributed by atoms with van der Waals surface area (Å²) in [7, 11) is 0. The van der Waals surface area contributed by atoms with E-state index in [4.69, 9.17) is 0 Å². The number of para-hydroxylation sites is 1. The van der Waals surface area contributed by atoms with Gasteiger partial charge in [-0.25, -0.2) is 0 Å². The molecule has 2 nitrogen and oxygen atoms in total. The van der Waals surface area contributed by atoms with E-state index in [9.17, 15) is 4.79 Å². The molecule has 116 valence electrons. The Morgan fingerprint density at radius 1 is 1.22 bits per heavy atom. The number of allylic oxidation sites excluding steroid dienone is 1. The molecule has 2 aromatic carbocycles. The lowest BCUT2D eigenvalue weighted by Gasteiger charge is -2.06. The molecule has 0 aliphatic carbocycles. The van der Waals surface area contributed by atoms with Crippen molar-refractivity contribution in [3.8, 4) is 0 Å². The van der Waals surface area contributed by atoms with Gasteiger partial charge in [-0.05, 0) is 54.3 Å². The predicted octanol–water partition coefficient (Wildman–Crippen LogP) is 5.45. The Morgan fingerprint density at radius 2 is 2.00 bits per heavy atom. The van der Waals surface area contributed by atoms with Crippen molar-refractivity contribution in [3.05, 3.63) is 75.4 Å². The number of halogens is 1. The molecule has 3 heteroatoms. The van der Waals surface area contributed by atoms with E-state index in [2.05, 4.69) is 46.0 Å². The van der Waals surface area contributed by atoms with Gasteiger partial charge in [-0.15, -0.1) is 0 Å². The van der Waals surface area contributed by atoms with Crippen molar-refractivity contribution in [3.63, 3.8) is 0 Å². The summed E-state index contributed by atoms with van der Waals surface area (Å²) in [5.74, 6) is 0.0998. The second kappa shape index (κ2) is 6.55. The fourth-order valence-electron chi connectivity index (χ4n) is 2.70. The van der Waals surface area contributed by atoms with Crippen molar-refractivity contribution in [2.24, 2.45) is 0 Å². The number of nitrogens with one attached hydrogen (secondary N) is 1. The van der Waals surface area contributed by atoms with E-state index in [1.54, 1.807) is 6.92 Å². The Morgan fingerprint density at radius 3 is 2.74 bits per heavy atom. The van der Waals surface area contributed by atoms with Gasteiger partial charge in [0.15, 0.2) is 5.78 Å². The third-order valence-corrected chi connectivity index (χ3v) is 4.68. The number of aromatic nitrogens is 1. The highest BCUT2D eigenvalue weighted by Crippen LogP contribution is 2.25. The van der Waals surface area contributed by atoms with Crippen LogP contribution in [-0.4, -0.2) is 10.8 Å². The van der Waals surface area contributed by atoms with Crippen LogP contribution in [-0.2, 0) is 11.2 Å². The zero-order valence-corrected chi connectivity index (χ0v) is 14.8. The zero-order valence-electron chi connectivity index (χ0n) is 13.2. The maximum absolute atomic E-state index is 12.1. The van der Waals surface area contributed by atoms with Gasteiger partial charge >= 0.3 is 0 Å². The lowest BCUT2D eigenvalue weighted by atomic mass is 9.99. The monoisotopic (exact) mass is 367 g/mol. The van der Waals surface area contributed by atoms with Gasteiger partial charge in [0.1, 0.15) is 0 Å². The molecule has 0 aliphatic rings. The van der Waals surface area contributed by atoms with Crippen molar-refractivity contribution in [1.29, 1.82) is 0 Å². The third-order valence-electron chi connectivity index (χ3n) is 3.99. The maximum Gasteiger partial charge on any atom is 0.156 e. The Bertz CT molecular complexity index is 905. The van der Waals surface area contributed by atoms with Crippen LogP contribution < -0.4 is 0 Å². The van der Waals surface area contributed by atoms with Gasteiger partial charge in [0.25, 0.3) is 0 Å². The van der Waals surface area contributed by atoms with Crippen LogP contribution in [0, 0.1) is 6.92 Å². The number of hydrogen-bond acceptors (Lipinski definition) is 1. The molecular formula is C20H18BrNO. The molecule has 3 rings (SSSR count). The van der Waals surface area contributed by atoms with Crippen LogP contribution in [0.5, 0.6) is 0 Å². The summed E-state index contributed by atoms with van der Waals surface area (Å²) in [6, 6.07) is 14.3. The number of rotatable bonds is 4. The highest BCUT2D eigenvalue weighted by atomic mass is 79.9. The van der Waals surface area contributed by atoms with Crippen molar-refractivity contribution in [2.75, 3.05) is 0 Å². The first-order valence-corrected chi connectivity index (χ1v) is 8.36. The van der Waals surface area contributed by atoms with E-state index in [1.807, 2.05) is 36.5 Å². The lowest BCUT2D eigenvalue weighted by molar-refractivity contribution is -0.113. The minimum Gasteiger partial charge on any atom is -0.361 e. The first-order chi connectivity index (χ1) is 11.0. The quantitative estimate of drug-likeness (QED) is 0.610. The molecule has 1 heterocycles. The highest BCUT2D eigenvalue weighted by Gasteiger charge is 2.10. The number of aromatic amines is 1. The summed E-state index contributed by atoms with van der Waals surface area (Å²) >= 11 is 3.58. The molecule has 0 fully saturated rings. The summed E-state index contributed by atoms with van der Waals surface area (Å²) in [6.07, 6.45) is 4.60. The molecule has 0 aliphatic heterocycles. The summed E-state index contributed by atoms with van der Waals surface area (Å²) in [5.41, 5.74) is 5.27. The lowest BCUT2D eigenvalue weighted by Crippen LogP contribution is -2.00. The van der Waals surface area contributed by atoms with E-state index in [-0.39, 0.29) is 5.78 Å². The number of fused-ring (bicyclic) bond motifs is 1. The van der Waals surface area contributed by atoms with Crippen LogP contribution in [0.4, 0.5) is 0 Å². The van der Waals surface area contributed by atoms with Gasteiger partial charge in [-0.3, -0.25) is 4.79 Å². The number of H-pyrrole nitrogens is 1. The summed E-state index contributed by atoms with van der Waals surface area (Å²) in [5, 5.41) is 1.17. The average molecular weight is 368 g/mol. The Kier molecular flexibility index (Phi) is 4.49. The molecule has 1 aromatic heterocycles. The van der Waals surface area contributed by atoms with Gasteiger partial charge in [0.05, 0.1) is 0 Å². The van der Waals surface area contributed by atoms with E-state index < -0.39 is 0 Å². The van der Waals surface area contributed by atoms with Gasteiger partial charge < -0.3 is 4.98 Å². The fourth-order valence-corrected chi connectivity index (χ4v) is 3.30. The number of ketones is 1. The molecule has 0 spiro atoms. The van der Waals surface area contributed by atoms with Gasteiger partial charge in [0.2, 0.25) is 0 Å². The van der Waals surface area contributed by atoms with E-state index >= 15 is 0 Å². The van der Waals surface area contributed by atoms with E-state index in [1.165, 1.54) is 10.9 Å². The number of carbonyl (C=O) groups excluding carboxylic acids is 1. The van der Waals surface area contributed by atoms with Gasteiger partial charge in [-0.1, -0.05) is 46.3 Å². The standard InChI is InChI=1S/C20H18BrNO/c1-13-7-8-15(19(21)9-13)10-16(14(2)23)11-17-12-22-20-6-4-3-5-18(17)20/h3-10,12,22H,11H2,1-2H3/b16-10-. The Labute approximate surface area is 144 Å². The number of hydrogen-bond donors (Lipinski definition) is 1. The zero-order chi connectivity index (χ0) is 16.4. The molecular weight excluding hydrogens is 350 g/mol. The van der Waals surface area contributed by atoms with Gasteiger partial charge in [0, 0.05) is 28.0 Å². The number of carbonyl (C=O) groups is 1. The molecule has 23 heavy (non-hydrogen) atoms. The maximum atomic E-state index is 12.1. The molecule has 0 atom stereocenters. The number of aryl methyl sites for hydroxylation is 1. The molecule has 3 aromatic rings. The van der Waals surface area contributed by atoms with Gasteiger partial charge in [-0.2, -0.15) is 0 Å². The van der Waals surface area contributed by atoms with Crippen LogP contribution in [0.15, 0.2) is 58.7 Å². The molecule has 1 N–H and O–H groups in total. The first kappa shape index (κ1) is 15.8. The Balaban J connectivity index is 1.99. The smallest absolute Gasteiger partial charge is 0.156 e. The summed E-state index contributed by atoms with van der Waals surface area (Å²) < 4.78 is 1.01. The van der Waals surface area contributed by atoms with Crippen molar-refractivity contribution in [1.82, 2.24) is 4.98 Å². The third kappa shape index (κ3) is 3.45. The number of Topliss-reactive ketones (excluding diaryl/α,β-unsaturated/α-hetero) is 1. The minimum atomic E-state index is 0.0998.